The number of hydrogen-bond acceptors (Lipinski definition) is 5. The molecule has 1 aromatic carbocycles. The lowest BCUT2D eigenvalue weighted by Crippen LogP contribution is -2.55. The highest BCUT2D eigenvalue weighted by molar-refractivity contribution is 7.08. The van der Waals surface area contributed by atoms with Crippen LogP contribution < -0.4 is 5.32 Å². The Kier molecular flexibility index (Phi) is 5.06. The first-order valence-corrected chi connectivity index (χ1v) is 12.3. The highest BCUT2D eigenvalue weighted by Gasteiger charge is 2.56. The highest BCUT2D eigenvalue weighted by Crippen LogP contribution is 2.46. The molecule has 2 aromatic heterocycles. The summed E-state index contributed by atoms with van der Waals surface area (Å²) in [5.74, 6) is -0.0118. The van der Waals surface area contributed by atoms with Crippen molar-refractivity contribution in [1.82, 2.24) is 19.7 Å². The van der Waals surface area contributed by atoms with Crippen molar-refractivity contribution in [2.75, 3.05) is 25.0 Å². The molecular weight excluding hydrogens is 450 g/mol. The second-order valence-electron chi connectivity index (χ2n) is 8.81. The summed E-state index contributed by atoms with van der Waals surface area (Å²) in [7, 11) is 0. The van der Waals surface area contributed by atoms with Gasteiger partial charge in [-0.3, -0.25) is 14.7 Å². The Morgan fingerprint density at radius 2 is 1.91 bits per heavy atom. The van der Waals surface area contributed by atoms with Gasteiger partial charge < -0.3 is 15.1 Å². The number of fused-ring (bicyclic) bond motifs is 1. The molecule has 5 amide bonds. The fourth-order valence-electron chi connectivity index (χ4n) is 4.96. The maximum Gasteiger partial charge on any atom is 0.327 e. The molecule has 0 bridgehead atoms. The smallest absolute Gasteiger partial charge is 0.320 e. The summed E-state index contributed by atoms with van der Waals surface area (Å²) in [4.78, 5) is 48.5. The Labute approximate surface area is 200 Å². The number of piperazine rings is 1. The minimum absolute atomic E-state index is 0.0983. The van der Waals surface area contributed by atoms with Crippen LogP contribution in [-0.2, 0) is 4.79 Å². The van der Waals surface area contributed by atoms with Crippen molar-refractivity contribution in [2.45, 2.75) is 24.4 Å². The molecule has 2 aliphatic heterocycles. The van der Waals surface area contributed by atoms with Gasteiger partial charge in [-0.05, 0) is 35.6 Å². The van der Waals surface area contributed by atoms with Crippen LogP contribution in [0.4, 0.5) is 15.3 Å². The molecular formula is C25H23N5O3S. The number of carbonyl (C=O) groups is 3. The lowest BCUT2D eigenvalue weighted by molar-refractivity contribution is -0.129. The van der Waals surface area contributed by atoms with Crippen molar-refractivity contribution in [3.63, 3.8) is 0 Å². The lowest BCUT2D eigenvalue weighted by Gasteiger charge is -2.35. The Hall–Kier alpha value is -3.72. The van der Waals surface area contributed by atoms with Crippen LogP contribution in [0.1, 0.15) is 17.9 Å². The number of hydrogen-bond donors (Lipinski definition) is 1. The van der Waals surface area contributed by atoms with Crippen LogP contribution in [0, 0.1) is 0 Å². The predicted octanol–water partition coefficient (Wildman–Crippen LogP) is 3.85. The van der Waals surface area contributed by atoms with E-state index < -0.39 is 6.04 Å². The summed E-state index contributed by atoms with van der Waals surface area (Å²) in [6, 6.07) is 14.3. The Balaban J connectivity index is 1.15. The molecule has 34 heavy (non-hydrogen) atoms. The molecule has 3 fully saturated rings. The van der Waals surface area contributed by atoms with Crippen molar-refractivity contribution < 1.29 is 14.4 Å². The quantitative estimate of drug-likeness (QED) is 0.584. The molecule has 3 unspecified atom stereocenters. The molecule has 1 aliphatic carbocycles. The third-order valence-electron chi connectivity index (χ3n) is 6.80. The van der Waals surface area contributed by atoms with E-state index in [1.54, 1.807) is 33.4 Å². The predicted molar refractivity (Wildman–Crippen MR) is 128 cm³/mol. The number of urea groups is 2. The molecule has 172 valence electrons. The summed E-state index contributed by atoms with van der Waals surface area (Å²) < 4.78 is 0. The summed E-state index contributed by atoms with van der Waals surface area (Å²) in [6.45, 7) is 0.895. The van der Waals surface area contributed by atoms with Gasteiger partial charge in [0.2, 0.25) is 0 Å². The zero-order valence-electron chi connectivity index (χ0n) is 18.3. The number of amides is 5. The standard InChI is InChI=1S/C25H23N5O3S/c31-23-21-14-28(24(32)27-19-7-4-9-26-22(19)17-8-12-34-15-17)10-11-29(21)25(33)30(23)20-13-18(20)16-5-2-1-3-6-16/h1-9,12,15,18,20-21H,10-11,13-14H2,(H,27,32). The molecule has 3 aromatic rings. The fraction of sp³-hybridized carbons (Fsp3) is 0.280. The number of rotatable bonds is 4. The largest absolute Gasteiger partial charge is 0.327 e. The number of benzene rings is 1. The van der Waals surface area contributed by atoms with E-state index in [-0.39, 0.29) is 36.5 Å². The summed E-state index contributed by atoms with van der Waals surface area (Å²) in [5.41, 5.74) is 3.41. The molecule has 3 aliphatic rings. The highest BCUT2D eigenvalue weighted by atomic mass is 32.1. The average Bonchev–Trinajstić information content (AvgIpc) is 3.36. The van der Waals surface area contributed by atoms with Gasteiger partial charge in [0.1, 0.15) is 6.04 Å². The van der Waals surface area contributed by atoms with Crippen LogP contribution in [0.2, 0.25) is 0 Å². The van der Waals surface area contributed by atoms with Gasteiger partial charge in [0, 0.05) is 42.2 Å². The minimum atomic E-state index is -0.630. The van der Waals surface area contributed by atoms with Gasteiger partial charge in [-0.2, -0.15) is 11.3 Å². The van der Waals surface area contributed by atoms with Gasteiger partial charge in [0.15, 0.2) is 0 Å². The number of imide groups is 1. The van der Waals surface area contributed by atoms with E-state index in [1.807, 2.05) is 53.2 Å². The van der Waals surface area contributed by atoms with Crippen molar-refractivity contribution in [1.29, 1.82) is 0 Å². The molecule has 1 saturated carbocycles. The number of anilines is 1. The first kappa shape index (κ1) is 20.9. The third-order valence-corrected chi connectivity index (χ3v) is 7.49. The van der Waals surface area contributed by atoms with E-state index in [0.717, 1.165) is 17.5 Å². The molecule has 3 atom stereocenters. The van der Waals surface area contributed by atoms with Gasteiger partial charge in [0.05, 0.1) is 17.9 Å². The molecule has 0 spiro atoms. The summed E-state index contributed by atoms with van der Waals surface area (Å²) >= 11 is 1.56. The van der Waals surface area contributed by atoms with Crippen LogP contribution in [0.3, 0.4) is 0 Å². The van der Waals surface area contributed by atoms with Crippen molar-refractivity contribution in [3.05, 3.63) is 71.1 Å². The first-order chi connectivity index (χ1) is 16.6. The topological polar surface area (TPSA) is 85.8 Å². The average molecular weight is 474 g/mol. The van der Waals surface area contributed by atoms with Gasteiger partial charge >= 0.3 is 12.1 Å². The monoisotopic (exact) mass is 473 g/mol. The van der Waals surface area contributed by atoms with E-state index in [4.69, 9.17) is 0 Å². The second-order valence-corrected chi connectivity index (χ2v) is 9.59. The van der Waals surface area contributed by atoms with E-state index >= 15 is 0 Å². The van der Waals surface area contributed by atoms with Crippen molar-refractivity contribution in [3.8, 4) is 11.3 Å². The molecule has 9 heteroatoms. The fourth-order valence-corrected chi connectivity index (χ4v) is 5.60. The van der Waals surface area contributed by atoms with Gasteiger partial charge in [-0.1, -0.05) is 30.3 Å². The summed E-state index contributed by atoms with van der Waals surface area (Å²) in [5, 5.41) is 6.89. The Bertz CT molecular complexity index is 1250. The van der Waals surface area contributed by atoms with Gasteiger partial charge in [-0.15, -0.1) is 0 Å². The number of pyridine rings is 1. The maximum absolute atomic E-state index is 13.2. The zero-order valence-corrected chi connectivity index (χ0v) is 19.1. The van der Waals surface area contributed by atoms with Crippen LogP contribution >= 0.6 is 11.3 Å². The van der Waals surface area contributed by atoms with Gasteiger partial charge in [0.25, 0.3) is 5.91 Å². The Morgan fingerprint density at radius 1 is 1.06 bits per heavy atom. The normalized spacial score (nSPS) is 23.8. The zero-order chi connectivity index (χ0) is 23.2. The van der Waals surface area contributed by atoms with Crippen molar-refractivity contribution >= 4 is 35.0 Å². The Morgan fingerprint density at radius 3 is 2.71 bits per heavy atom. The number of carbonyl (C=O) groups excluding carboxylic acids is 3. The van der Waals surface area contributed by atoms with E-state index in [1.165, 1.54) is 4.90 Å². The van der Waals surface area contributed by atoms with Crippen LogP contribution in [-0.4, -0.2) is 69.4 Å². The molecule has 8 nitrogen and oxygen atoms in total. The number of aromatic nitrogens is 1. The second kappa shape index (κ2) is 8.25. The van der Waals surface area contributed by atoms with Gasteiger partial charge in [-0.25, -0.2) is 9.59 Å². The number of nitrogens with one attached hydrogen (secondary N) is 1. The maximum atomic E-state index is 13.2. The van der Waals surface area contributed by atoms with E-state index in [0.29, 0.717) is 24.5 Å². The van der Waals surface area contributed by atoms with E-state index in [2.05, 4.69) is 10.3 Å². The number of thiophene rings is 1. The molecule has 2 saturated heterocycles. The van der Waals surface area contributed by atoms with Crippen LogP contribution in [0.5, 0.6) is 0 Å². The lowest BCUT2D eigenvalue weighted by atomic mass is 10.1. The SMILES string of the molecule is O=C(Nc1cccnc1-c1ccsc1)N1CCN2C(=O)N(C3CC3c3ccccc3)C(=O)C2C1. The molecule has 0 radical (unpaired) electrons. The van der Waals surface area contributed by atoms with Crippen LogP contribution in [0.25, 0.3) is 11.3 Å². The molecule has 4 heterocycles. The van der Waals surface area contributed by atoms with Crippen LogP contribution in [0.15, 0.2) is 65.5 Å². The van der Waals surface area contributed by atoms with Crippen molar-refractivity contribution in [2.24, 2.45) is 0 Å². The minimum Gasteiger partial charge on any atom is -0.320 e. The number of nitrogens with zero attached hydrogens (tertiary/aromatic N) is 4. The first-order valence-electron chi connectivity index (χ1n) is 11.3. The molecule has 1 N–H and O–H groups in total. The van der Waals surface area contributed by atoms with E-state index in [9.17, 15) is 14.4 Å². The summed E-state index contributed by atoms with van der Waals surface area (Å²) in [6.07, 6.45) is 2.48. The molecule has 6 rings (SSSR count). The third kappa shape index (κ3) is 3.52.